The summed E-state index contributed by atoms with van der Waals surface area (Å²) in [5.41, 5.74) is 0.650. The van der Waals surface area contributed by atoms with E-state index in [0.29, 0.717) is 13.2 Å². The molecule has 0 radical (unpaired) electrons. The first-order valence-corrected chi connectivity index (χ1v) is 4.98. The zero-order chi connectivity index (χ0) is 12.8. The van der Waals surface area contributed by atoms with E-state index in [1.807, 2.05) is 18.0 Å². The van der Waals surface area contributed by atoms with Gasteiger partial charge >= 0.3 is 0 Å². The van der Waals surface area contributed by atoms with Crippen molar-refractivity contribution in [3.05, 3.63) is 33.9 Å². The summed E-state index contributed by atoms with van der Waals surface area (Å²) in [5, 5.41) is 19.5. The summed E-state index contributed by atoms with van der Waals surface area (Å²) in [6.07, 6.45) is 0. The van der Waals surface area contributed by atoms with Crippen LogP contribution >= 0.6 is 0 Å². The quantitative estimate of drug-likeness (QED) is 0.571. The van der Waals surface area contributed by atoms with E-state index >= 15 is 0 Å². The third-order valence-electron chi connectivity index (χ3n) is 2.37. The minimum atomic E-state index is -0.558. The first kappa shape index (κ1) is 12.9. The smallest absolute Gasteiger partial charge is 0.287 e. The van der Waals surface area contributed by atoms with Crippen molar-refractivity contribution in [2.45, 2.75) is 0 Å². The highest BCUT2D eigenvalue weighted by Crippen LogP contribution is 2.23. The molecule has 0 amide bonds. The molecule has 0 aromatic heterocycles. The van der Waals surface area contributed by atoms with Crippen LogP contribution in [-0.4, -0.2) is 32.2 Å². The number of nitriles is 1. The summed E-state index contributed by atoms with van der Waals surface area (Å²) in [6.45, 7) is 1.20. The molecule has 0 saturated carbocycles. The summed E-state index contributed by atoms with van der Waals surface area (Å²) in [4.78, 5) is 12.0. The van der Waals surface area contributed by atoms with Gasteiger partial charge in [-0.15, -0.1) is 0 Å². The Hall–Kier alpha value is -2.13. The first-order chi connectivity index (χ1) is 8.10. The number of hydrogen-bond acceptors (Lipinski definition) is 5. The molecule has 1 aromatic rings. The molecule has 0 spiro atoms. The molecule has 0 aliphatic carbocycles. The van der Waals surface area contributed by atoms with Crippen molar-refractivity contribution in [2.24, 2.45) is 0 Å². The van der Waals surface area contributed by atoms with Crippen LogP contribution in [0.1, 0.15) is 5.56 Å². The van der Waals surface area contributed by atoms with Crippen LogP contribution in [0, 0.1) is 21.4 Å². The van der Waals surface area contributed by atoms with Gasteiger partial charge in [0.25, 0.3) is 5.69 Å². The number of nitrogens with zero attached hydrogens (tertiary/aromatic N) is 3. The maximum Gasteiger partial charge on any atom is 0.287 e. The van der Waals surface area contributed by atoms with Gasteiger partial charge in [0, 0.05) is 32.5 Å². The van der Waals surface area contributed by atoms with Crippen LogP contribution in [0.4, 0.5) is 11.4 Å². The molecule has 1 rings (SSSR count). The lowest BCUT2D eigenvalue weighted by Gasteiger charge is -2.18. The molecular formula is C11H13N3O3. The van der Waals surface area contributed by atoms with Gasteiger partial charge in [-0.2, -0.15) is 5.26 Å². The Morgan fingerprint density at radius 1 is 1.59 bits per heavy atom. The zero-order valence-electron chi connectivity index (χ0n) is 9.71. The first-order valence-electron chi connectivity index (χ1n) is 4.98. The third-order valence-corrected chi connectivity index (χ3v) is 2.37. The summed E-state index contributed by atoms with van der Waals surface area (Å²) >= 11 is 0. The standard InChI is InChI=1S/C11H13N3O3/c1-13(5-6-17-2)10-3-4-11(14(15)16)9(7-10)8-12/h3-4,7H,5-6H2,1-2H3. The van der Waals surface area contributed by atoms with E-state index < -0.39 is 4.92 Å². The number of ether oxygens (including phenoxy) is 1. The number of methoxy groups -OCH3 is 1. The number of nitro benzene ring substituents is 1. The maximum absolute atomic E-state index is 10.7. The highest BCUT2D eigenvalue weighted by atomic mass is 16.6. The van der Waals surface area contributed by atoms with Crippen LogP contribution in [-0.2, 0) is 4.74 Å². The van der Waals surface area contributed by atoms with Crippen LogP contribution in [0.3, 0.4) is 0 Å². The second-order valence-corrected chi connectivity index (χ2v) is 3.48. The van der Waals surface area contributed by atoms with Crippen molar-refractivity contribution in [3.63, 3.8) is 0 Å². The SMILES string of the molecule is COCCN(C)c1ccc([N+](=O)[O-])c(C#N)c1. The van der Waals surface area contributed by atoms with Crippen molar-refractivity contribution in [1.82, 2.24) is 0 Å². The molecule has 0 fully saturated rings. The highest BCUT2D eigenvalue weighted by molar-refractivity contribution is 5.59. The highest BCUT2D eigenvalue weighted by Gasteiger charge is 2.14. The molecule has 90 valence electrons. The fourth-order valence-corrected chi connectivity index (χ4v) is 1.37. The molecule has 0 heterocycles. The number of benzene rings is 1. The Morgan fingerprint density at radius 3 is 2.82 bits per heavy atom. The molecule has 6 heteroatoms. The van der Waals surface area contributed by atoms with Crippen LogP contribution < -0.4 is 4.90 Å². The summed E-state index contributed by atoms with van der Waals surface area (Å²) in [7, 11) is 3.44. The predicted octanol–water partition coefficient (Wildman–Crippen LogP) is 1.55. The van der Waals surface area contributed by atoms with Gasteiger partial charge in [-0.1, -0.05) is 0 Å². The van der Waals surface area contributed by atoms with E-state index in [4.69, 9.17) is 10.00 Å². The van der Waals surface area contributed by atoms with Gasteiger partial charge in [0.15, 0.2) is 0 Å². The fraction of sp³-hybridized carbons (Fsp3) is 0.364. The zero-order valence-corrected chi connectivity index (χ0v) is 9.71. The van der Waals surface area contributed by atoms with Crippen molar-refractivity contribution < 1.29 is 9.66 Å². The summed E-state index contributed by atoms with van der Waals surface area (Å²) in [6, 6.07) is 6.30. The van der Waals surface area contributed by atoms with E-state index in [-0.39, 0.29) is 11.3 Å². The Balaban J connectivity index is 2.98. The fourth-order valence-electron chi connectivity index (χ4n) is 1.37. The molecule has 17 heavy (non-hydrogen) atoms. The minimum Gasteiger partial charge on any atom is -0.383 e. The minimum absolute atomic E-state index is 0.0665. The lowest BCUT2D eigenvalue weighted by atomic mass is 10.1. The lowest BCUT2D eigenvalue weighted by Crippen LogP contribution is -2.22. The van der Waals surface area contributed by atoms with E-state index in [2.05, 4.69) is 0 Å². The van der Waals surface area contributed by atoms with Crippen molar-refractivity contribution in [3.8, 4) is 6.07 Å². The molecule has 1 aromatic carbocycles. The maximum atomic E-state index is 10.7. The van der Waals surface area contributed by atoms with Gasteiger partial charge in [-0.3, -0.25) is 10.1 Å². The predicted molar refractivity (Wildman–Crippen MR) is 63.0 cm³/mol. The van der Waals surface area contributed by atoms with Crippen LogP contribution in [0.2, 0.25) is 0 Å². The second kappa shape index (κ2) is 5.82. The average molecular weight is 235 g/mol. The third kappa shape index (κ3) is 3.16. The molecule has 0 unspecified atom stereocenters. The van der Waals surface area contributed by atoms with Gasteiger partial charge in [0.2, 0.25) is 0 Å². The molecule has 6 nitrogen and oxygen atoms in total. The van der Waals surface area contributed by atoms with Crippen LogP contribution in [0.25, 0.3) is 0 Å². The van der Waals surface area contributed by atoms with Gasteiger partial charge in [-0.05, 0) is 12.1 Å². The molecule has 0 N–H and O–H groups in total. The van der Waals surface area contributed by atoms with E-state index in [9.17, 15) is 10.1 Å². The van der Waals surface area contributed by atoms with E-state index in [1.54, 1.807) is 13.2 Å². The Bertz CT molecular complexity index is 454. The van der Waals surface area contributed by atoms with Crippen LogP contribution in [0.5, 0.6) is 0 Å². The van der Waals surface area contributed by atoms with Gasteiger partial charge in [0.1, 0.15) is 11.6 Å². The normalized spacial score (nSPS) is 9.71. The molecule has 0 aliphatic heterocycles. The average Bonchev–Trinajstić information content (AvgIpc) is 2.34. The Labute approximate surface area is 99.2 Å². The Kier molecular flexibility index (Phi) is 4.43. The number of likely N-dealkylation sites (N-methyl/N-ethyl adjacent to an activating group) is 1. The summed E-state index contributed by atoms with van der Waals surface area (Å²) in [5.74, 6) is 0. The van der Waals surface area contributed by atoms with Gasteiger partial charge < -0.3 is 9.64 Å². The largest absolute Gasteiger partial charge is 0.383 e. The topological polar surface area (TPSA) is 79.4 Å². The lowest BCUT2D eigenvalue weighted by molar-refractivity contribution is -0.385. The number of rotatable bonds is 5. The molecular weight excluding hydrogens is 222 g/mol. The van der Waals surface area contributed by atoms with Gasteiger partial charge in [0.05, 0.1) is 11.5 Å². The van der Waals surface area contributed by atoms with E-state index in [0.717, 1.165) is 5.69 Å². The molecule has 0 atom stereocenters. The monoisotopic (exact) mass is 235 g/mol. The second-order valence-electron chi connectivity index (χ2n) is 3.48. The molecule has 0 aliphatic rings. The van der Waals surface area contributed by atoms with Gasteiger partial charge in [-0.25, -0.2) is 0 Å². The number of anilines is 1. The van der Waals surface area contributed by atoms with Crippen LogP contribution in [0.15, 0.2) is 18.2 Å². The summed E-state index contributed by atoms with van der Waals surface area (Å²) < 4.78 is 4.94. The van der Waals surface area contributed by atoms with E-state index in [1.165, 1.54) is 12.1 Å². The molecule has 0 saturated heterocycles. The van der Waals surface area contributed by atoms with Crippen molar-refractivity contribution in [2.75, 3.05) is 32.2 Å². The van der Waals surface area contributed by atoms with Crippen molar-refractivity contribution >= 4 is 11.4 Å². The number of nitro groups is 1. The molecule has 0 bridgehead atoms. The number of hydrogen-bond donors (Lipinski definition) is 0. The van der Waals surface area contributed by atoms with Crippen molar-refractivity contribution in [1.29, 1.82) is 5.26 Å². The Morgan fingerprint density at radius 2 is 2.29 bits per heavy atom.